The van der Waals surface area contributed by atoms with Gasteiger partial charge in [-0.1, -0.05) is 56.6 Å². The van der Waals surface area contributed by atoms with Crippen LogP contribution in [0.4, 0.5) is 0 Å². The number of halogens is 1. The molecule has 6 heteroatoms. The Balaban J connectivity index is 1.79. The van der Waals surface area contributed by atoms with Crippen LogP contribution in [0.2, 0.25) is 5.02 Å². The highest BCUT2D eigenvalue weighted by Gasteiger charge is 2.27. The molecule has 0 fully saturated rings. The summed E-state index contributed by atoms with van der Waals surface area (Å²) in [6, 6.07) is 14.9. The van der Waals surface area contributed by atoms with E-state index in [0.29, 0.717) is 21.2 Å². The smallest absolute Gasteiger partial charge is 0.273 e. The molecule has 2 aromatic rings. The van der Waals surface area contributed by atoms with E-state index in [1.165, 1.54) is 5.56 Å². The van der Waals surface area contributed by atoms with Gasteiger partial charge in [-0.3, -0.25) is 4.79 Å². The summed E-state index contributed by atoms with van der Waals surface area (Å²) in [6.07, 6.45) is 1.78. The third kappa shape index (κ3) is 4.80. The normalized spacial score (nSPS) is 17.0. The van der Waals surface area contributed by atoms with Crippen molar-refractivity contribution >= 4 is 40.5 Å². The third-order valence-electron chi connectivity index (χ3n) is 4.28. The lowest BCUT2D eigenvalue weighted by Gasteiger charge is -2.18. The second-order valence-corrected chi connectivity index (χ2v) is 9.26. The van der Waals surface area contributed by atoms with Crippen molar-refractivity contribution in [2.24, 2.45) is 5.10 Å². The van der Waals surface area contributed by atoms with Crippen molar-refractivity contribution in [2.75, 3.05) is 5.75 Å². The molecule has 0 bridgehead atoms. The van der Waals surface area contributed by atoms with Gasteiger partial charge in [0.15, 0.2) is 10.6 Å². The number of nitrogens with zero attached hydrogens (tertiary/aromatic N) is 1. The van der Waals surface area contributed by atoms with Crippen molar-refractivity contribution in [1.29, 1.82) is 0 Å². The van der Waals surface area contributed by atoms with Gasteiger partial charge in [-0.2, -0.15) is 5.10 Å². The van der Waals surface area contributed by atoms with Crippen molar-refractivity contribution in [2.45, 2.75) is 31.1 Å². The number of rotatable bonds is 4. The van der Waals surface area contributed by atoms with Crippen LogP contribution in [0.15, 0.2) is 64.1 Å². The molecule has 0 saturated heterocycles. The van der Waals surface area contributed by atoms with Crippen LogP contribution in [-0.4, -0.2) is 21.9 Å². The molecule has 1 aliphatic heterocycles. The summed E-state index contributed by atoms with van der Waals surface area (Å²) in [4.78, 5) is 12.8. The molecule has 0 saturated carbocycles. The second kappa shape index (κ2) is 7.89. The topological polar surface area (TPSA) is 64.5 Å². The highest BCUT2D eigenvalue weighted by atomic mass is 35.5. The number of nitrogens with one attached hydrogen (secondary N) is 1. The van der Waals surface area contributed by atoms with Crippen LogP contribution in [-0.2, 0) is 21.4 Å². The number of hydrogen-bond donors (Lipinski definition) is 1. The first-order valence-electron chi connectivity index (χ1n) is 8.57. The fourth-order valence-electron chi connectivity index (χ4n) is 2.67. The van der Waals surface area contributed by atoms with Gasteiger partial charge in [-0.15, -0.1) is 0 Å². The number of carbonyl (C=O) groups excluding carboxylic acids is 1. The number of hydrazone groups is 1. The zero-order valence-corrected chi connectivity index (χ0v) is 17.0. The van der Waals surface area contributed by atoms with Gasteiger partial charge in [0.1, 0.15) is 5.71 Å². The van der Waals surface area contributed by atoms with Crippen LogP contribution in [0.3, 0.4) is 0 Å². The van der Waals surface area contributed by atoms with Crippen LogP contribution in [0.1, 0.15) is 31.9 Å². The lowest BCUT2D eigenvalue weighted by molar-refractivity contribution is -0.116. The largest absolute Gasteiger partial charge is 0.611 e. The van der Waals surface area contributed by atoms with Crippen molar-refractivity contribution in [3.8, 4) is 0 Å². The van der Waals surface area contributed by atoms with E-state index in [1.807, 2.05) is 12.1 Å². The van der Waals surface area contributed by atoms with E-state index < -0.39 is 11.2 Å². The minimum atomic E-state index is -1.31. The van der Waals surface area contributed by atoms with E-state index >= 15 is 0 Å². The molecule has 0 aromatic heterocycles. The molecule has 2 aromatic carbocycles. The van der Waals surface area contributed by atoms with Gasteiger partial charge in [0, 0.05) is 5.02 Å². The van der Waals surface area contributed by atoms with E-state index in [1.54, 1.807) is 30.3 Å². The van der Waals surface area contributed by atoms with Gasteiger partial charge < -0.3 is 4.55 Å². The molecular weight excluding hydrogens is 380 g/mol. The molecule has 140 valence electrons. The second-order valence-electron chi connectivity index (χ2n) is 7.37. The average molecular weight is 401 g/mol. The molecule has 1 amide bonds. The standard InChI is InChI=1S/C21H21ClN2O2S/c1-21(2,3)15-6-4-14(5-7-15)12-18-19(23-24-20(18)25)13-27(26)17-10-8-16(22)9-11-17/h4-12H,13H2,1-3H3,(H,24,25)/b18-12+. The lowest BCUT2D eigenvalue weighted by atomic mass is 9.86. The predicted octanol–water partition coefficient (Wildman–Crippen LogP) is 4.31. The van der Waals surface area contributed by atoms with Crippen LogP contribution >= 0.6 is 11.6 Å². The van der Waals surface area contributed by atoms with Crippen molar-refractivity contribution < 1.29 is 9.35 Å². The molecule has 3 rings (SSSR count). The molecule has 1 unspecified atom stereocenters. The Kier molecular flexibility index (Phi) is 5.75. The maximum absolute atomic E-state index is 12.6. The minimum absolute atomic E-state index is 0.0680. The Morgan fingerprint density at radius 1 is 1.11 bits per heavy atom. The van der Waals surface area contributed by atoms with Crippen LogP contribution in [0.25, 0.3) is 6.08 Å². The first kappa shape index (κ1) is 19.7. The summed E-state index contributed by atoms with van der Waals surface area (Å²) in [5.74, 6) is -0.121. The van der Waals surface area contributed by atoms with Crippen molar-refractivity contribution in [3.05, 3.63) is 70.3 Å². The van der Waals surface area contributed by atoms with E-state index in [4.69, 9.17) is 11.6 Å². The van der Waals surface area contributed by atoms with Crippen LogP contribution in [0, 0.1) is 0 Å². The minimum Gasteiger partial charge on any atom is -0.611 e. The summed E-state index contributed by atoms with van der Waals surface area (Å²) in [5.41, 5.74) is 5.60. The van der Waals surface area contributed by atoms with Gasteiger partial charge >= 0.3 is 0 Å². The number of benzene rings is 2. The van der Waals surface area contributed by atoms with Gasteiger partial charge in [-0.25, -0.2) is 5.43 Å². The van der Waals surface area contributed by atoms with Crippen molar-refractivity contribution in [3.63, 3.8) is 0 Å². The lowest BCUT2D eigenvalue weighted by Crippen LogP contribution is -2.19. The molecule has 0 aliphatic carbocycles. The first-order chi connectivity index (χ1) is 12.7. The molecule has 27 heavy (non-hydrogen) atoms. The molecule has 1 N–H and O–H groups in total. The third-order valence-corrected chi connectivity index (χ3v) is 5.87. The van der Waals surface area contributed by atoms with E-state index in [2.05, 4.69) is 43.4 Å². The molecule has 1 atom stereocenters. The van der Waals surface area contributed by atoms with E-state index in [-0.39, 0.29) is 17.1 Å². The predicted molar refractivity (Wildman–Crippen MR) is 111 cm³/mol. The summed E-state index contributed by atoms with van der Waals surface area (Å²) in [5, 5.41) is 4.65. The summed E-state index contributed by atoms with van der Waals surface area (Å²) < 4.78 is 12.6. The Morgan fingerprint density at radius 2 is 1.74 bits per heavy atom. The average Bonchev–Trinajstić information content (AvgIpc) is 2.95. The molecule has 0 radical (unpaired) electrons. The summed E-state index contributed by atoms with van der Waals surface area (Å²) in [6.45, 7) is 6.46. The molecule has 1 heterocycles. The quantitative estimate of drug-likeness (QED) is 0.613. The number of hydrogen-bond acceptors (Lipinski definition) is 3. The van der Waals surface area contributed by atoms with Gasteiger partial charge in [0.25, 0.3) is 5.91 Å². The van der Waals surface area contributed by atoms with E-state index in [9.17, 15) is 9.35 Å². The summed E-state index contributed by atoms with van der Waals surface area (Å²) >= 11 is 4.56. The SMILES string of the molecule is CC(C)(C)c1ccc(/C=C2/C(=O)NN=C2C[S+]([O-])c2ccc(Cl)cc2)cc1. The zero-order valence-electron chi connectivity index (χ0n) is 15.5. The maximum Gasteiger partial charge on any atom is 0.273 e. The van der Waals surface area contributed by atoms with Gasteiger partial charge in [0.05, 0.1) is 5.57 Å². The molecular formula is C21H21ClN2O2S. The fraction of sp³-hybridized carbons (Fsp3) is 0.238. The first-order valence-corrected chi connectivity index (χ1v) is 10.3. The fourth-order valence-corrected chi connectivity index (χ4v) is 3.87. The van der Waals surface area contributed by atoms with Crippen LogP contribution < -0.4 is 5.43 Å². The molecule has 0 spiro atoms. The highest BCUT2D eigenvalue weighted by molar-refractivity contribution is 7.92. The number of amides is 1. The highest BCUT2D eigenvalue weighted by Crippen LogP contribution is 2.24. The Labute approximate surface area is 167 Å². The van der Waals surface area contributed by atoms with Crippen molar-refractivity contribution in [1.82, 2.24) is 5.43 Å². The summed E-state index contributed by atoms with van der Waals surface area (Å²) in [7, 11) is 0. The maximum atomic E-state index is 12.6. The monoisotopic (exact) mass is 400 g/mol. The van der Waals surface area contributed by atoms with E-state index in [0.717, 1.165) is 5.56 Å². The molecule has 4 nitrogen and oxygen atoms in total. The van der Waals surface area contributed by atoms with Gasteiger partial charge in [-0.05, 0) is 58.1 Å². The Bertz CT molecular complexity index is 897. The Morgan fingerprint density at radius 3 is 2.33 bits per heavy atom. The van der Waals surface area contributed by atoms with Crippen LogP contribution in [0.5, 0.6) is 0 Å². The van der Waals surface area contributed by atoms with Gasteiger partial charge in [0.2, 0.25) is 0 Å². The Hall–Kier alpha value is -2.08. The number of carbonyl (C=O) groups is 1. The zero-order chi connectivity index (χ0) is 19.6. The molecule has 1 aliphatic rings.